The van der Waals surface area contributed by atoms with Crippen molar-refractivity contribution in [3.63, 3.8) is 0 Å². The first-order chi connectivity index (χ1) is 23.7. The molecule has 1 fully saturated rings. The zero-order valence-corrected chi connectivity index (χ0v) is 25.9. The molecule has 2 aromatic carbocycles. The van der Waals surface area contributed by atoms with E-state index in [0.29, 0.717) is 11.1 Å². The van der Waals surface area contributed by atoms with E-state index in [9.17, 15) is 60.0 Å². The van der Waals surface area contributed by atoms with E-state index in [1.807, 2.05) is 0 Å². The van der Waals surface area contributed by atoms with E-state index in [1.165, 1.54) is 53.3 Å². The van der Waals surface area contributed by atoms with Crippen molar-refractivity contribution < 1.29 is 78.8 Å². The fourth-order valence-electron chi connectivity index (χ4n) is 5.52. The number of aliphatic hydroxyl groups is 3. The molecule has 0 aliphatic carbocycles. The van der Waals surface area contributed by atoms with Crippen LogP contribution < -0.4 is 15.2 Å². The molecule has 7 atom stereocenters. The number of rotatable bonds is 10. The topological polar surface area (TPSA) is 276 Å². The zero-order valence-electron chi connectivity index (χ0n) is 25.9. The van der Waals surface area contributed by atoms with Crippen LogP contribution in [-0.4, -0.2) is 120 Å². The Bertz CT molecular complexity index is 1800. The number of allylic oxidation sites excluding steroid dienone is 2. The van der Waals surface area contributed by atoms with E-state index in [-0.39, 0.29) is 41.3 Å². The molecule has 3 aliphatic rings. The van der Waals surface area contributed by atoms with Gasteiger partial charge in [-0.15, -0.1) is 0 Å². The maximum atomic E-state index is 12.3. The number of esters is 1. The molecule has 0 bridgehead atoms. The van der Waals surface area contributed by atoms with Crippen LogP contribution in [0, 0.1) is 0 Å². The highest BCUT2D eigenvalue weighted by Gasteiger charge is 2.46. The minimum absolute atomic E-state index is 0.0362. The zero-order chi connectivity index (χ0) is 36.3. The summed E-state index contributed by atoms with van der Waals surface area (Å²) in [5.41, 5.74) is 0.977. The number of aliphatic carboxylic acids is 3. The van der Waals surface area contributed by atoms with Crippen LogP contribution in [-0.2, 0) is 35.1 Å². The number of phenols is 2. The molecular weight excluding hydrogens is 664 g/mol. The van der Waals surface area contributed by atoms with Gasteiger partial charge in [0.1, 0.15) is 54.5 Å². The Hall–Kier alpha value is -5.75. The molecule has 0 radical (unpaired) electrons. The second kappa shape index (κ2) is 14.8. The molecule has 8 N–H and O–H groups in total. The predicted octanol–water partition coefficient (Wildman–Crippen LogP) is -1.73. The lowest BCUT2D eigenvalue weighted by molar-refractivity contribution is -0.475. The summed E-state index contributed by atoms with van der Waals surface area (Å²) >= 11 is 0. The number of hydrogen-bond acceptors (Lipinski definition) is 14. The molecule has 0 spiro atoms. The molecule has 3 aliphatic heterocycles. The maximum absolute atomic E-state index is 12.3. The van der Waals surface area contributed by atoms with E-state index in [2.05, 4.69) is 5.32 Å². The molecule has 0 amide bonds. The van der Waals surface area contributed by atoms with Crippen molar-refractivity contribution in [2.24, 2.45) is 0 Å². The molecule has 17 heteroatoms. The van der Waals surface area contributed by atoms with Gasteiger partial charge in [-0.1, -0.05) is 12.1 Å². The first kappa shape index (κ1) is 35.6. The van der Waals surface area contributed by atoms with Crippen LogP contribution in [0.15, 0.2) is 65.9 Å². The number of aliphatic hydroxyl groups excluding tert-OH is 3. The van der Waals surface area contributed by atoms with Crippen molar-refractivity contribution in [3.05, 3.63) is 77.0 Å². The Morgan fingerprint density at radius 3 is 2.38 bits per heavy atom. The van der Waals surface area contributed by atoms with Gasteiger partial charge in [-0.25, -0.2) is 14.4 Å². The predicted molar refractivity (Wildman–Crippen MR) is 165 cm³/mol. The van der Waals surface area contributed by atoms with Crippen LogP contribution in [0.25, 0.3) is 6.08 Å². The molecule has 2 aromatic rings. The van der Waals surface area contributed by atoms with Gasteiger partial charge in [-0.3, -0.25) is 0 Å². The molecule has 0 unspecified atom stereocenters. The lowest BCUT2D eigenvalue weighted by Crippen LogP contribution is -2.60. The molecule has 1 saturated heterocycles. The monoisotopic (exact) mass is 696 g/mol. The third kappa shape index (κ3) is 7.92. The van der Waals surface area contributed by atoms with Crippen molar-refractivity contribution in [2.75, 3.05) is 6.61 Å². The smallest absolute Gasteiger partial charge is 0.351 e. The second-order valence-corrected chi connectivity index (χ2v) is 11.6. The van der Waals surface area contributed by atoms with Crippen LogP contribution >= 0.6 is 0 Å². The van der Waals surface area contributed by atoms with Gasteiger partial charge in [0.15, 0.2) is 17.7 Å². The van der Waals surface area contributed by atoms with Crippen LogP contribution in [0.2, 0.25) is 0 Å². The summed E-state index contributed by atoms with van der Waals surface area (Å²) in [5, 5.41) is 84.9. The van der Waals surface area contributed by atoms with Gasteiger partial charge in [-0.05, 0) is 41.5 Å². The molecule has 0 aromatic heterocycles. The average Bonchev–Trinajstić information content (AvgIpc) is 3.43. The summed E-state index contributed by atoms with van der Waals surface area (Å²) < 4.78 is 17.6. The summed E-state index contributed by atoms with van der Waals surface area (Å²) in [6.45, 7) is -0.583. The van der Waals surface area contributed by atoms with E-state index >= 15 is 0 Å². The van der Waals surface area contributed by atoms with Crippen LogP contribution in [0.4, 0.5) is 5.69 Å². The highest BCUT2D eigenvalue weighted by atomic mass is 16.7. The van der Waals surface area contributed by atoms with Crippen molar-refractivity contribution in [1.29, 1.82) is 0 Å². The Labute approximate surface area is 282 Å². The lowest BCUT2D eigenvalue weighted by Gasteiger charge is -2.39. The first-order valence-corrected chi connectivity index (χ1v) is 15.1. The number of nitrogens with one attached hydrogen (secondary N) is 1. The largest absolute Gasteiger partial charge is 0.543 e. The van der Waals surface area contributed by atoms with Gasteiger partial charge in [0.05, 0.1) is 6.07 Å². The first-order valence-electron chi connectivity index (χ1n) is 15.1. The molecule has 3 heterocycles. The highest BCUT2D eigenvalue weighted by Crippen LogP contribution is 2.40. The fraction of sp³-hybridized carbons (Fsp3) is 0.303. The van der Waals surface area contributed by atoms with Gasteiger partial charge in [-0.2, -0.15) is 4.58 Å². The number of carbonyl (C=O) groups is 4. The van der Waals surface area contributed by atoms with Gasteiger partial charge in [0.2, 0.25) is 18.0 Å². The number of nitrogens with zero attached hydrogens (tertiary/aromatic N) is 1. The van der Waals surface area contributed by atoms with E-state index in [4.69, 9.17) is 14.2 Å². The van der Waals surface area contributed by atoms with E-state index in [0.717, 1.165) is 6.08 Å². The molecule has 5 rings (SSSR count). The summed E-state index contributed by atoms with van der Waals surface area (Å²) in [6.07, 6.45) is -2.49. The Morgan fingerprint density at radius 1 is 1.00 bits per heavy atom. The van der Waals surface area contributed by atoms with Crippen molar-refractivity contribution in [1.82, 2.24) is 5.32 Å². The lowest BCUT2D eigenvalue weighted by atomic mass is 9.99. The molecule has 264 valence electrons. The molecular formula is C33H32N2O15. The van der Waals surface area contributed by atoms with Crippen LogP contribution in [0.1, 0.15) is 17.5 Å². The summed E-state index contributed by atoms with van der Waals surface area (Å²) in [5.74, 6) is -5.83. The fourth-order valence-corrected chi connectivity index (χ4v) is 5.52. The normalized spacial score (nSPS) is 27.7. The summed E-state index contributed by atoms with van der Waals surface area (Å²) in [7, 11) is 0. The van der Waals surface area contributed by atoms with Crippen LogP contribution in [0.3, 0.4) is 0 Å². The number of carboxylic acids is 3. The van der Waals surface area contributed by atoms with Crippen LogP contribution in [0.5, 0.6) is 17.2 Å². The van der Waals surface area contributed by atoms with Crippen molar-refractivity contribution in [3.8, 4) is 17.2 Å². The highest BCUT2D eigenvalue weighted by molar-refractivity contribution is 5.90. The third-order valence-electron chi connectivity index (χ3n) is 8.14. The summed E-state index contributed by atoms with van der Waals surface area (Å²) in [4.78, 5) is 47.4. The SMILES string of the molecule is O=C(/C=C\c1ccc(O)cc1)OC[C@H]1O[C@@H](Oc2cc3c(cc2O)C[C@@H](C(=O)[O-])[N+]3=C/C=C2/C=C(C(=O)O)N[C@H](C(=O)O)C2)[C@H](O)[C@H](O)[C@@H]1O. The van der Waals surface area contributed by atoms with Gasteiger partial charge >= 0.3 is 17.9 Å². The Morgan fingerprint density at radius 2 is 1.72 bits per heavy atom. The Balaban J connectivity index is 1.35. The van der Waals surface area contributed by atoms with Crippen molar-refractivity contribution >= 4 is 41.9 Å². The molecule has 0 saturated carbocycles. The number of carbonyl (C=O) groups excluding carboxylic acids is 2. The Kier molecular flexibility index (Phi) is 10.5. The number of hydrogen-bond donors (Lipinski definition) is 8. The maximum Gasteiger partial charge on any atom is 0.351 e. The number of fused-ring (bicyclic) bond motifs is 1. The minimum Gasteiger partial charge on any atom is -0.543 e. The number of carboxylic acid groups (broad SMARTS) is 3. The number of phenolic OH excluding ortho intramolecular Hbond substituents is 2. The number of ether oxygens (including phenoxy) is 3. The number of benzene rings is 2. The van der Waals surface area contributed by atoms with Gasteiger partial charge in [0, 0.05) is 30.6 Å². The second-order valence-electron chi connectivity index (χ2n) is 11.6. The third-order valence-corrected chi connectivity index (χ3v) is 8.14. The molecule has 17 nitrogen and oxygen atoms in total. The molecule has 50 heavy (non-hydrogen) atoms. The van der Waals surface area contributed by atoms with Gasteiger partial charge in [0.25, 0.3) is 0 Å². The van der Waals surface area contributed by atoms with Gasteiger partial charge < -0.3 is 65.2 Å². The quantitative estimate of drug-likeness (QED) is 0.0779. The standard InChI is InChI=1S/C33H32N2O15/c36-18-4-1-15(2-5-18)3-6-26(38)48-14-25-27(39)28(40)29(41)33(50-25)49-24-13-21-17(12-23(24)37)11-22(32(46)47)35(21)8-7-16-9-19(30(42)43)34-20(10-16)31(44)45/h1-9,12-13,20,22,25,27-29,33,39-41H,10-11,14H2,(H5,36,37,38,42,43,44,45,46,47)/t20-,22-,25+,27+,28+,29+,33+/m0/s1. The minimum atomic E-state index is -1.86. The summed E-state index contributed by atoms with van der Waals surface area (Å²) in [6, 6.07) is 5.81. The van der Waals surface area contributed by atoms with Crippen molar-refractivity contribution in [2.45, 2.75) is 55.6 Å². The average molecular weight is 697 g/mol. The van der Waals surface area contributed by atoms with E-state index < -0.39 is 79.0 Å². The number of aromatic hydroxyl groups is 2. The van der Waals surface area contributed by atoms with E-state index in [1.54, 1.807) is 12.1 Å².